The maximum absolute atomic E-state index is 10.7. The molecule has 0 radical (unpaired) electrons. The Bertz CT molecular complexity index is 219. The molecule has 0 aromatic heterocycles. The quantitative estimate of drug-likeness (QED) is 0.548. The van der Waals surface area contributed by atoms with Crippen LogP contribution in [0.25, 0.3) is 0 Å². The molecule has 1 atom stereocenters. The van der Waals surface area contributed by atoms with Gasteiger partial charge in [0.25, 0.3) is 0 Å². The average Bonchev–Trinajstić information content (AvgIpc) is 2.20. The monoisotopic (exact) mass is 233 g/mol. The Kier molecular flexibility index (Phi) is 8.46. The molecule has 0 aliphatic carbocycles. The Labute approximate surface area is 94.9 Å². The number of ether oxygens (including phenoxy) is 2. The number of carbonyl (C=O) groups is 2. The summed E-state index contributed by atoms with van der Waals surface area (Å²) in [6, 6.07) is -0.875. The van der Waals surface area contributed by atoms with Gasteiger partial charge in [0.15, 0.2) is 0 Å². The SMILES string of the molecule is COCCCOCCC(NC(C)=O)C(=O)O. The van der Waals surface area contributed by atoms with E-state index in [0.29, 0.717) is 19.8 Å². The molecule has 0 bridgehead atoms. The lowest BCUT2D eigenvalue weighted by Gasteiger charge is -2.13. The first-order valence-electron chi connectivity index (χ1n) is 5.14. The summed E-state index contributed by atoms with van der Waals surface area (Å²) in [6.45, 7) is 2.74. The summed E-state index contributed by atoms with van der Waals surface area (Å²) in [5.41, 5.74) is 0. The molecule has 1 amide bonds. The second-order valence-electron chi connectivity index (χ2n) is 3.34. The minimum Gasteiger partial charge on any atom is -0.480 e. The molecule has 0 spiro atoms. The van der Waals surface area contributed by atoms with Crippen molar-refractivity contribution in [3.05, 3.63) is 0 Å². The van der Waals surface area contributed by atoms with E-state index >= 15 is 0 Å². The number of nitrogens with one attached hydrogen (secondary N) is 1. The second-order valence-corrected chi connectivity index (χ2v) is 3.34. The highest BCUT2D eigenvalue weighted by molar-refractivity contribution is 5.81. The topological polar surface area (TPSA) is 84.9 Å². The predicted octanol–water partition coefficient (Wildman–Crippen LogP) is 0.0189. The van der Waals surface area contributed by atoms with E-state index < -0.39 is 12.0 Å². The van der Waals surface area contributed by atoms with E-state index in [2.05, 4.69) is 5.32 Å². The Balaban J connectivity index is 3.60. The van der Waals surface area contributed by atoms with Gasteiger partial charge < -0.3 is 19.9 Å². The fourth-order valence-electron chi connectivity index (χ4n) is 1.11. The van der Waals surface area contributed by atoms with Crippen molar-refractivity contribution in [2.75, 3.05) is 26.9 Å². The molecule has 94 valence electrons. The molecule has 0 aliphatic rings. The van der Waals surface area contributed by atoms with Gasteiger partial charge in [-0.2, -0.15) is 0 Å². The summed E-state index contributed by atoms with van der Waals surface area (Å²) in [7, 11) is 1.61. The molecule has 0 aromatic carbocycles. The number of methoxy groups -OCH3 is 1. The van der Waals surface area contributed by atoms with Gasteiger partial charge >= 0.3 is 5.97 Å². The lowest BCUT2D eigenvalue weighted by Crippen LogP contribution is -2.40. The van der Waals surface area contributed by atoms with Crippen LogP contribution in [0.3, 0.4) is 0 Å². The molecule has 6 heteroatoms. The molecule has 0 fully saturated rings. The van der Waals surface area contributed by atoms with Crippen molar-refractivity contribution in [2.24, 2.45) is 0 Å². The van der Waals surface area contributed by atoms with Gasteiger partial charge in [0, 0.05) is 40.3 Å². The molecule has 0 saturated heterocycles. The highest BCUT2D eigenvalue weighted by Gasteiger charge is 2.17. The fraction of sp³-hybridized carbons (Fsp3) is 0.800. The Morgan fingerprint density at radius 2 is 2.00 bits per heavy atom. The van der Waals surface area contributed by atoms with Crippen LogP contribution in [0.2, 0.25) is 0 Å². The smallest absolute Gasteiger partial charge is 0.326 e. The van der Waals surface area contributed by atoms with Crippen molar-refractivity contribution in [3.63, 3.8) is 0 Å². The van der Waals surface area contributed by atoms with Crippen LogP contribution in [-0.4, -0.2) is 50.0 Å². The first-order valence-corrected chi connectivity index (χ1v) is 5.14. The zero-order valence-corrected chi connectivity index (χ0v) is 9.69. The van der Waals surface area contributed by atoms with Gasteiger partial charge in [-0.05, 0) is 6.42 Å². The number of carbonyl (C=O) groups excluding carboxylic acids is 1. The second kappa shape index (κ2) is 9.11. The lowest BCUT2D eigenvalue weighted by atomic mass is 10.2. The third-order valence-electron chi connectivity index (χ3n) is 1.86. The molecule has 0 rings (SSSR count). The van der Waals surface area contributed by atoms with Gasteiger partial charge in [-0.15, -0.1) is 0 Å². The van der Waals surface area contributed by atoms with E-state index in [1.165, 1.54) is 6.92 Å². The molecule has 6 nitrogen and oxygen atoms in total. The van der Waals surface area contributed by atoms with E-state index in [1.807, 2.05) is 0 Å². The number of carboxylic acids is 1. The Hall–Kier alpha value is -1.14. The van der Waals surface area contributed by atoms with Crippen LogP contribution in [0.1, 0.15) is 19.8 Å². The van der Waals surface area contributed by atoms with Crippen LogP contribution < -0.4 is 5.32 Å². The first kappa shape index (κ1) is 14.9. The largest absolute Gasteiger partial charge is 0.480 e. The number of rotatable bonds is 9. The number of aliphatic carboxylic acids is 1. The summed E-state index contributed by atoms with van der Waals surface area (Å²) in [4.78, 5) is 21.4. The lowest BCUT2D eigenvalue weighted by molar-refractivity contribution is -0.142. The number of amides is 1. The molecule has 16 heavy (non-hydrogen) atoms. The summed E-state index contributed by atoms with van der Waals surface area (Å²) >= 11 is 0. The average molecular weight is 233 g/mol. The highest BCUT2D eigenvalue weighted by Crippen LogP contribution is 1.95. The van der Waals surface area contributed by atoms with Crippen molar-refractivity contribution in [1.29, 1.82) is 0 Å². The molecule has 2 N–H and O–H groups in total. The third-order valence-corrected chi connectivity index (χ3v) is 1.86. The Morgan fingerprint density at radius 3 is 2.50 bits per heavy atom. The van der Waals surface area contributed by atoms with Crippen molar-refractivity contribution in [2.45, 2.75) is 25.8 Å². The summed E-state index contributed by atoms with van der Waals surface area (Å²) in [5, 5.41) is 11.1. The van der Waals surface area contributed by atoms with Crippen LogP contribution in [0.4, 0.5) is 0 Å². The summed E-state index contributed by atoms with van der Waals surface area (Å²) in [5.74, 6) is -1.40. The maximum Gasteiger partial charge on any atom is 0.326 e. The molecule has 0 saturated carbocycles. The number of hydrogen-bond acceptors (Lipinski definition) is 4. The van der Waals surface area contributed by atoms with E-state index in [-0.39, 0.29) is 12.3 Å². The predicted molar refractivity (Wildman–Crippen MR) is 57.2 cm³/mol. The van der Waals surface area contributed by atoms with Crippen LogP contribution in [0.5, 0.6) is 0 Å². The van der Waals surface area contributed by atoms with Crippen molar-refractivity contribution >= 4 is 11.9 Å². The Morgan fingerprint density at radius 1 is 1.31 bits per heavy atom. The normalized spacial score (nSPS) is 12.1. The first-order chi connectivity index (χ1) is 7.57. The molecule has 0 aromatic rings. The molecular formula is C10H19NO5. The van der Waals surface area contributed by atoms with Crippen molar-refractivity contribution < 1.29 is 24.2 Å². The number of hydrogen-bond donors (Lipinski definition) is 2. The highest BCUT2D eigenvalue weighted by atomic mass is 16.5. The van der Waals surface area contributed by atoms with Crippen LogP contribution in [0.15, 0.2) is 0 Å². The third kappa shape index (κ3) is 8.19. The zero-order valence-electron chi connectivity index (χ0n) is 9.69. The maximum atomic E-state index is 10.7. The van der Waals surface area contributed by atoms with Gasteiger partial charge in [0.05, 0.1) is 0 Å². The van der Waals surface area contributed by atoms with Crippen molar-refractivity contribution in [3.8, 4) is 0 Å². The minimum absolute atomic E-state index is 0.266. The van der Waals surface area contributed by atoms with Gasteiger partial charge in [-0.1, -0.05) is 0 Å². The summed E-state index contributed by atoms with van der Waals surface area (Å²) in [6.07, 6.45) is 1.04. The fourth-order valence-corrected chi connectivity index (χ4v) is 1.11. The van der Waals surface area contributed by atoms with Gasteiger partial charge in [0.2, 0.25) is 5.91 Å². The molecular weight excluding hydrogens is 214 g/mol. The van der Waals surface area contributed by atoms with Crippen LogP contribution >= 0.6 is 0 Å². The standard InChI is InChI=1S/C10H19NO5/c1-8(12)11-9(10(13)14)4-7-16-6-3-5-15-2/h9H,3-7H2,1-2H3,(H,11,12)(H,13,14). The van der Waals surface area contributed by atoms with E-state index in [9.17, 15) is 9.59 Å². The summed E-state index contributed by atoms with van der Waals surface area (Å²) < 4.78 is 10.0. The molecule has 0 heterocycles. The van der Waals surface area contributed by atoms with Crippen LogP contribution in [-0.2, 0) is 19.1 Å². The molecule has 0 aliphatic heterocycles. The van der Waals surface area contributed by atoms with E-state index in [4.69, 9.17) is 14.6 Å². The van der Waals surface area contributed by atoms with E-state index in [0.717, 1.165) is 6.42 Å². The van der Waals surface area contributed by atoms with E-state index in [1.54, 1.807) is 7.11 Å². The number of carboxylic acid groups (broad SMARTS) is 1. The van der Waals surface area contributed by atoms with Gasteiger partial charge in [0.1, 0.15) is 6.04 Å². The van der Waals surface area contributed by atoms with Gasteiger partial charge in [-0.3, -0.25) is 4.79 Å². The van der Waals surface area contributed by atoms with Gasteiger partial charge in [-0.25, -0.2) is 4.79 Å². The van der Waals surface area contributed by atoms with Crippen LogP contribution in [0, 0.1) is 0 Å². The zero-order chi connectivity index (χ0) is 12.4. The molecule has 1 unspecified atom stereocenters. The minimum atomic E-state index is -1.05. The van der Waals surface area contributed by atoms with Crippen molar-refractivity contribution in [1.82, 2.24) is 5.32 Å².